The van der Waals surface area contributed by atoms with Gasteiger partial charge in [0.05, 0.1) is 6.23 Å². The minimum atomic E-state index is -2.12. The molecule has 0 aromatic heterocycles. The van der Waals surface area contributed by atoms with Gasteiger partial charge in [-0.2, -0.15) is 0 Å². The third kappa shape index (κ3) is 6.10. The first-order valence-corrected chi connectivity index (χ1v) is 3.69. The van der Waals surface area contributed by atoms with Crippen molar-refractivity contribution in [1.29, 1.82) is 0 Å². The van der Waals surface area contributed by atoms with Gasteiger partial charge >= 0.3 is 9.28 Å². The average Bonchev–Trinajstić information content (AvgIpc) is 1.61. The summed E-state index contributed by atoms with van der Waals surface area (Å²) >= 11 is 0. The highest BCUT2D eigenvalue weighted by molar-refractivity contribution is 6.40. The van der Waals surface area contributed by atoms with Crippen LogP contribution in [0.2, 0.25) is 0 Å². The standard InChI is InChI=1S/C3H9O3Si/c1-2-6-3-7(4)5/h4-5H,2-3H2,1H3. The largest absolute Gasteiger partial charge is 0.408 e. The molecule has 2 N–H and O–H groups in total. The minimum Gasteiger partial charge on any atom is -0.408 e. The zero-order valence-electron chi connectivity index (χ0n) is 4.22. The molecule has 0 saturated heterocycles. The van der Waals surface area contributed by atoms with Gasteiger partial charge in [-0.3, -0.25) is 0 Å². The van der Waals surface area contributed by atoms with Gasteiger partial charge in [-0.15, -0.1) is 0 Å². The van der Waals surface area contributed by atoms with E-state index in [1.165, 1.54) is 0 Å². The molecule has 0 fully saturated rings. The molecular weight excluding hydrogens is 112 g/mol. The second kappa shape index (κ2) is 4.26. The van der Waals surface area contributed by atoms with Crippen molar-refractivity contribution in [2.24, 2.45) is 0 Å². The molecule has 0 aliphatic rings. The molecule has 0 bridgehead atoms. The second-order valence-corrected chi connectivity index (χ2v) is 2.17. The first-order chi connectivity index (χ1) is 3.27. The molecular formula is C3H9O3Si. The van der Waals surface area contributed by atoms with Gasteiger partial charge < -0.3 is 14.3 Å². The number of ether oxygens (including phenoxy) is 1. The first-order valence-electron chi connectivity index (χ1n) is 2.09. The fourth-order valence-corrected chi connectivity index (χ4v) is 0.580. The molecule has 0 heterocycles. The summed E-state index contributed by atoms with van der Waals surface area (Å²) in [6.45, 7) is 2.36. The molecule has 0 spiro atoms. The van der Waals surface area contributed by atoms with E-state index in [1.807, 2.05) is 6.92 Å². The number of hydrogen-bond acceptors (Lipinski definition) is 3. The zero-order valence-corrected chi connectivity index (χ0v) is 5.22. The SMILES string of the molecule is CCOC[Si](O)O. The highest BCUT2D eigenvalue weighted by Gasteiger charge is 2.00. The predicted molar refractivity (Wildman–Crippen MR) is 26.7 cm³/mol. The van der Waals surface area contributed by atoms with E-state index in [1.54, 1.807) is 0 Å². The molecule has 0 amide bonds. The molecule has 0 aliphatic carbocycles. The van der Waals surface area contributed by atoms with Crippen molar-refractivity contribution in [2.75, 3.05) is 12.8 Å². The van der Waals surface area contributed by atoms with E-state index in [2.05, 4.69) is 4.74 Å². The van der Waals surface area contributed by atoms with Crippen LogP contribution >= 0.6 is 0 Å². The van der Waals surface area contributed by atoms with E-state index >= 15 is 0 Å². The highest BCUT2D eigenvalue weighted by atomic mass is 28.3. The lowest BCUT2D eigenvalue weighted by Gasteiger charge is -1.95. The van der Waals surface area contributed by atoms with Crippen LogP contribution in [0, 0.1) is 0 Å². The lowest BCUT2D eigenvalue weighted by molar-refractivity contribution is 0.167. The molecule has 0 aliphatic heterocycles. The van der Waals surface area contributed by atoms with E-state index in [0.29, 0.717) is 6.61 Å². The minimum absolute atomic E-state index is 0.112. The molecule has 4 heteroatoms. The Morgan fingerprint density at radius 1 is 1.57 bits per heavy atom. The van der Waals surface area contributed by atoms with Gasteiger partial charge in [0, 0.05) is 6.61 Å². The normalized spacial score (nSPS) is 10.3. The Morgan fingerprint density at radius 2 is 2.14 bits per heavy atom. The smallest absolute Gasteiger partial charge is 0.407 e. The van der Waals surface area contributed by atoms with Crippen molar-refractivity contribution in [3.8, 4) is 0 Å². The average molecular weight is 121 g/mol. The van der Waals surface area contributed by atoms with E-state index in [-0.39, 0.29) is 6.23 Å². The molecule has 0 unspecified atom stereocenters. The Labute approximate surface area is 44.4 Å². The predicted octanol–water partition coefficient (Wildman–Crippen LogP) is -0.965. The van der Waals surface area contributed by atoms with E-state index in [4.69, 9.17) is 9.59 Å². The number of hydrogen-bond donors (Lipinski definition) is 2. The Bertz CT molecular complexity index is 39.2. The van der Waals surface area contributed by atoms with Gasteiger partial charge in [0.25, 0.3) is 0 Å². The van der Waals surface area contributed by atoms with E-state index in [0.717, 1.165) is 0 Å². The molecule has 0 aromatic rings. The quantitative estimate of drug-likeness (QED) is 0.473. The topological polar surface area (TPSA) is 49.7 Å². The summed E-state index contributed by atoms with van der Waals surface area (Å²) in [4.78, 5) is 16.4. The van der Waals surface area contributed by atoms with Gasteiger partial charge in [-0.05, 0) is 6.92 Å². The summed E-state index contributed by atoms with van der Waals surface area (Å²) in [5.74, 6) is 0. The van der Waals surface area contributed by atoms with Crippen LogP contribution < -0.4 is 0 Å². The van der Waals surface area contributed by atoms with Crippen LogP contribution in [0.25, 0.3) is 0 Å². The lowest BCUT2D eigenvalue weighted by atomic mass is 10.9. The Morgan fingerprint density at radius 3 is 2.29 bits per heavy atom. The Kier molecular flexibility index (Phi) is 4.32. The van der Waals surface area contributed by atoms with Crippen LogP contribution in [0.3, 0.4) is 0 Å². The molecule has 1 radical (unpaired) electrons. The summed E-state index contributed by atoms with van der Waals surface area (Å²) in [5, 5.41) is 0. The third-order valence-corrected chi connectivity index (χ3v) is 0.898. The number of rotatable bonds is 3. The molecule has 0 aromatic carbocycles. The van der Waals surface area contributed by atoms with Crippen molar-refractivity contribution >= 4 is 9.28 Å². The van der Waals surface area contributed by atoms with Gasteiger partial charge in [-0.1, -0.05) is 0 Å². The van der Waals surface area contributed by atoms with Crippen LogP contribution in [0.4, 0.5) is 0 Å². The van der Waals surface area contributed by atoms with Gasteiger partial charge in [0.1, 0.15) is 0 Å². The fourth-order valence-electron chi connectivity index (χ4n) is 0.193. The van der Waals surface area contributed by atoms with Crippen molar-refractivity contribution in [2.45, 2.75) is 6.92 Å². The van der Waals surface area contributed by atoms with Crippen molar-refractivity contribution in [1.82, 2.24) is 0 Å². The third-order valence-electron chi connectivity index (χ3n) is 0.435. The van der Waals surface area contributed by atoms with Crippen LogP contribution in [-0.2, 0) is 4.74 Å². The van der Waals surface area contributed by atoms with Crippen LogP contribution in [0.15, 0.2) is 0 Å². The van der Waals surface area contributed by atoms with E-state index < -0.39 is 9.28 Å². The van der Waals surface area contributed by atoms with Crippen molar-refractivity contribution in [3.63, 3.8) is 0 Å². The lowest BCUT2D eigenvalue weighted by Crippen LogP contribution is -2.19. The van der Waals surface area contributed by atoms with Crippen LogP contribution in [0.1, 0.15) is 6.92 Å². The second-order valence-electron chi connectivity index (χ2n) is 1.05. The van der Waals surface area contributed by atoms with Crippen molar-refractivity contribution < 1.29 is 14.3 Å². The first kappa shape index (κ1) is 7.10. The summed E-state index contributed by atoms with van der Waals surface area (Å²) in [5.41, 5.74) is 0. The summed E-state index contributed by atoms with van der Waals surface area (Å²) in [6, 6.07) is 0. The molecule has 43 valence electrons. The Balaban J connectivity index is 2.68. The van der Waals surface area contributed by atoms with E-state index in [9.17, 15) is 0 Å². The van der Waals surface area contributed by atoms with Gasteiger partial charge in [0.2, 0.25) is 0 Å². The van der Waals surface area contributed by atoms with Gasteiger partial charge in [-0.25, -0.2) is 0 Å². The monoisotopic (exact) mass is 121 g/mol. The summed E-state index contributed by atoms with van der Waals surface area (Å²) in [6.07, 6.45) is 0.112. The fraction of sp³-hybridized carbons (Fsp3) is 1.00. The van der Waals surface area contributed by atoms with Crippen LogP contribution in [-0.4, -0.2) is 31.7 Å². The molecule has 3 nitrogen and oxygen atoms in total. The molecule has 7 heavy (non-hydrogen) atoms. The molecule has 0 atom stereocenters. The maximum atomic E-state index is 8.22. The summed E-state index contributed by atoms with van der Waals surface area (Å²) in [7, 11) is -2.12. The maximum Gasteiger partial charge on any atom is 0.407 e. The Hall–Kier alpha value is 0.0969. The highest BCUT2D eigenvalue weighted by Crippen LogP contribution is 1.72. The maximum absolute atomic E-state index is 8.22. The van der Waals surface area contributed by atoms with Gasteiger partial charge in [0.15, 0.2) is 0 Å². The van der Waals surface area contributed by atoms with Crippen molar-refractivity contribution in [3.05, 3.63) is 0 Å². The molecule has 0 rings (SSSR count). The summed E-state index contributed by atoms with van der Waals surface area (Å²) < 4.78 is 4.64. The zero-order chi connectivity index (χ0) is 5.70. The van der Waals surface area contributed by atoms with Crippen LogP contribution in [0.5, 0.6) is 0 Å². The molecule has 0 saturated carbocycles.